The quantitative estimate of drug-likeness (QED) is 0.499. The van der Waals surface area contributed by atoms with Gasteiger partial charge in [-0.15, -0.1) is 0 Å². The van der Waals surface area contributed by atoms with Crippen molar-refractivity contribution in [3.05, 3.63) is 71.1 Å². The fourth-order valence-electron chi connectivity index (χ4n) is 2.30. The van der Waals surface area contributed by atoms with Gasteiger partial charge in [0.05, 0.1) is 18.1 Å². The van der Waals surface area contributed by atoms with Crippen molar-refractivity contribution in [1.82, 2.24) is 15.6 Å². The van der Waals surface area contributed by atoms with Crippen LogP contribution in [0, 0.1) is 5.82 Å². The zero-order chi connectivity index (χ0) is 19.2. The second kappa shape index (κ2) is 8.46. The first-order valence-electron chi connectivity index (χ1n) is 8.07. The number of nitrogens with one attached hydrogen (secondary N) is 2. The molecule has 0 aliphatic rings. The van der Waals surface area contributed by atoms with Gasteiger partial charge in [-0.25, -0.2) is 9.82 Å². The molecule has 0 fully saturated rings. The highest BCUT2D eigenvalue weighted by atomic mass is 35.5. The number of nitrogens with zero attached hydrogens (tertiary/aromatic N) is 2. The van der Waals surface area contributed by atoms with Crippen LogP contribution in [0.2, 0.25) is 5.02 Å². The third-order valence-electron chi connectivity index (χ3n) is 3.66. The number of hydrogen-bond acceptors (Lipinski definition) is 4. The van der Waals surface area contributed by atoms with Gasteiger partial charge in [-0.3, -0.25) is 9.89 Å². The second-order valence-corrected chi connectivity index (χ2v) is 6.10. The molecule has 0 bridgehead atoms. The molecule has 0 saturated carbocycles. The molecule has 0 saturated heterocycles. The van der Waals surface area contributed by atoms with Crippen LogP contribution in [0.15, 0.2) is 59.8 Å². The van der Waals surface area contributed by atoms with Crippen LogP contribution in [0.3, 0.4) is 0 Å². The maximum atomic E-state index is 13.1. The van der Waals surface area contributed by atoms with Crippen LogP contribution in [0.1, 0.15) is 12.5 Å². The van der Waals surface area contributed by atoms with Crippen LogP contribution in [-0.4, -0.2) is 28.4 Å². The maximum absolute atomic E-state index is 13.1. The number of amides is 1. The summed E-state index contributed by atoms with van der Waals surface area (Å²) in [5.74, 6) is -0.255. The monoisotopic (exact) mass is 386 g/mol. The number of benzene rings is 2. The SMILES string of the molecule is CC(Oc1cccc(Cl)c1)C(=O)NN=Cc1cn[nH]c1-c1ccc(F)cc1. The Morgan fingerprint density at radius 1 is 1.33 bits per heavy atom. The number of carbonyl (C=O) groups is 1. The minimum atomic E-state index is -0.762. The predicted molar refractivity (Wildman–Crippen MR) is 101 cm³/mol. The zero-order valence-corrected chi connectivity index (χ0v) is 15.1. The Kier molecular flexibility index (Phi) is 5.83. The standard InChI is InChI=1S/C19H16ClFN4O2/c1-12(27-17-4-2-3-15(20)9-17)19(26)25-23-11-14-10-22-24-18(14)13-5-7-16(21)8-6-13/h2-12H,1H3,(H,22,24)(H,25,26). The summed E-state index contributed by atoms with van der Waals surface area (Å²) in [6, 6.07) is 12.7. The van der Waals surface area contributed by atoms with Crippen LogP contribution in [0.25, 0.3) is 11.3 Å². The third kappa shape index (κ3) is 4.92. The first-order chi connectivity index (χ1) is 13.0. The highest BCUT2D eigenvalue weighted by molar-refractivity contribution is 6.30. The Morgan fingerprint density at radius 2 is 2.11 bits per heavy atom. The number of hydrogen-bond donors (Lipinski definition) is 2. The molecule has 3 aromatic rings. The number of aromatic amines is 1. The molecule has 1 unspecified atom stereocenters. The Bertz CT molecular complexity index is 956. The van der Waals surface area contributed by atoms with Gasteiger partial charge in [0.2, 0.25) is 0 Å². The Morgan fingerprint density at radius 3 is 2.85 bits per heavy atom. The van der Waals surface area contributed by atoms with E-state index in [9.17, 15) is 9.18 Å². The highest BCUT2D eigenvalue weighted by Gasteiger charge is 2.14. The predicted octanol–water partition coefficient (Wildman–Crippen LogP) is 3.79. The van der Waals surface area contributed by atoms with Crippen molar-refractivity contribution in [2.75, 3.05) is 0 Å². The molecule has 8 heteroatoms. The third-order valence-corrected chi connectivity index (χ3v) is 3.89. The lowest BCUT2D eigenvalue weighted by molar-refractivity contribution is -0.127. The average Bonchev–Trinajstić information content (AvgIpc) is 3.10. The number of ether oxygens (including phenoxy) is 1. The molecule has 1 amide bonds. The number of hydrazone groups is 1. The molecule has 138 valence electrons. The molecule has 3 rings (SSSR count). The van der Waals surface area contributed by atoms with E-state index in [0.717, 1.165) is 5.56 Å². The van der Waals surface area contributed by atoms with Crippen LogP contribution in [-0.2, 0) is 4.79 Å². The first kappa shape index (κ1) is 18.6. The van der Waals surface area contributed by atoms with E-state index in [1.54, 1.807) is 49.5 Å². The van der Waals surface area contributed by atoms with Gasteiger partial charge in [-0.1, -0.05) is 17.7 Å². The topological polar surface area (TPSA) is 79.4 Å². The summed E-state index contributed by atoms with van der Waals surface area (Å²) in [6.45, 7) is 1.60. The van der Waals surface area contributed by atoms with Crippen molar-refractivity contribution in [3.63, 3.8) is 0 Å². The molecule has 27 heavy (non-hydrogen) atoms. The number of rotatable bonds is 6. The normalized spacial score (nSPS) is 12.1. The lowest BCUT2D eigenvalue weighted by atomic mass is 10.1. The Labute approximate surface area is 160 Å². The lowest BCUT2D eigenvalue weighted by Crippen LogP contribution is -2.33. The largest absolute Gasteiger partial charge is 0.481 e. The van der Waals surface area contributed by atoms with Crippen LogP contribution in [0.5, 0.6) is 5.75 Å². The van der Waals surface area contributed by atoms with E-state index in [4.69, 9.17) is 16.3 Å². The molecule has 0 spiro atoms. The van der Waals surface area contributed by atoms with Gasteiger partial charge in [-0.05, 0) is 49.4 Å². The van der Waals surface area contributed by atoms with E-state index in [1.165, 1.54) is 18.3 Å². The van der Waals surface area contributed by atoms with Gasteiger partial charge in [0.25, 0.3) is 5.91 Å². The molecular weight excluding hydrogens is 371 g/mol. The number of carbonyl (C=O) groups excluding carboxylic acids is 1. The van der Waals surface area contributed by atoms with Gasteiger partial charge in [0.15, 0.2) is 6.10 Å². The van der Waals surface area contributed by atoms with Gasteiger partial charge in [0, 0.05) is 16.1 Å². The van der Waals surface area contributed by atoms with Gasteiger partial charge < -0.3 is 4.74 Å². The molecule has 2 aromatic carbocycles. The van der Waals surface area contributed by atoms with Crippen molar-refractivity contribution >= 4 is 23.7 Å². The van der Waals surface area contributed by atoms with Gasteiger partial charge in [0.1, 0.15) is 11.6 Å². The first-order valence-corrected chi connectivity index (χ1v) is 8.45. The fourth-order valence-corrected chi connectivity index (χ4v) is 2.48. The van der Waals surface area contributed by atoms with Crippen LogP contribution >= 0.6 is 11.6 Å². The summed E-state index contributed by atoms with van der Waals surface area (Å²) in [5, 5.41) is 11.2. The molecule has 1 atom stereocenters. The molecule has 0 aliphatic heterocycles. The van der Waals surface area contributed by atoms with E-state index < -0.39 is 12.0 Å². The van der Waals surface area contributed by atoms with Crippen molar-refractivity contribution < 1.29 is 13.9 Å². The fraction of sp³-hybridized carbons (Fsp3) is 0.105. The molecule has 2 N–H and O–H groups in total. The average molecular weight is 387 g/mol. The maximum Gasteiger partial charge on any atom is 0.280 e. The van der Waals surface area contributed by atoms with Gasteiger partial charge in [-0.2, -0.15) is 10.2 Å². The zero-order valence-electron chi connectivity index (χ0n) is 14.3. The molecule has 6 nitrogen and oxygen atoms in total. The molecular formula is C19H16ClFN4O2. The van der Waals surface area contributed by atoms with Crippen LogP contribution in [0.4, 0.5) is 4.39 Å². The van der Waals surface area contributed by atoms with E-state index in [2.05, 4.69) is 20.7 Å². The minimum Gasteiger partial charge on any atom is -0.481 e. The summed E-state index contributed by atoms with van der Waals surface area (Å²) in [7, 11) is 0. The molecule has 1 aromatic heterocycles. The van der Waals surface area contributed by atoms with Crippen LogP contribution < -0.4 is 10.2 Å². The summed E-state index contributed by atoms with van der Waals surface area (Å²) < 4.78 is 18.6. The number of aromatic nitrogens is 2. The molecule has 1 heterocycles. The highest BCUT2D eigenvalue weighted by Crippen LogP contribution is 2.20. The second-order valence-electron chi connectivity index (χ2n) is 5.66. The van der Waals surface area contributed by atoms with Gasteiger partial charge >= 0.3 is 0 Å². The van der Waals surface area contributed by atoms with E-state index in [-0.39, 0.29) is 5.82 Å². The van der Waals surface area contributed by atoms with Crippen molar-refractivity contribution in [1.29, 1.82) is 0 Å². The van der Waals surface area contributed by atoms with Crippen molar-refractivity contribution in [2.45, 2.75) is 13.0 Å². The minimum absolute atomic E-state index is 0.325. The summed E-state index contributed by atoms with van der Waals surface area (Å²) in [4.78, 5) is 12.1. The number of halogens is 2. The van der Waals surface area contributed by atoms with E-state index in [1.807, 2.05) is 0 Å². The van der Waals surface area contributed by atoms with Crippen molar-refractivity contribution in [2.24, 2.45) is 5.10 Å². The van der Waals surface area contributed by atoms with E-state index in [0.29, 0.717) is 22.0 Å². The smallest absolute Gasteiger partial charge is 0.280 e. The van der Waals surface area contributed by atoms with E-state index >= 15 is 0 Å². The summed E-state index contributed by atoms with van der Waals surface area (Å²) in [5.41, 5.74) is 4.47. The Hall–Kier alpha value is -3.19. The number of H-pyrrole nitrogens is 1. The lowest BCUT2D eigenvalue weighted by Gasteiger charge is -2.12. The van der Waals surface area contributed by atoms with Crippen molar-refractivity contribution in [3.8, 4) is 17.0 Å². The Balaban J connectivity index is 1.61. The summed E-state index contributed by atoms with van der Waals surface area (Å²) in [6.07, 6.45) is 2.24. The summed E-state index contributed by atoms with van der Waals surface area (Å²) >= 11 is 5.89. The molecule has 0 aliphatic carbocycles. The molecule has 0 radical (unpaired) electrons.